The summed E-state index contributed by atoms with van der Waals surface area (Å²) in [6.07, 6.45) is 2.92. The number of ether oxygens (including phenoxy) is 1. The number of piperidine rings is 1. The predicted molar refractivity (Wildman–Crippen MR) is 85.0 cm³/mol. The Morgan fingerprint density at radius 3 is 2.95 bits per heavy atom. The maximum absolute atomic E-state index is 12.1. The standard InChI is InChI=1S/C18H27NO2/c1-14(2)10-18(20)19-9-5-8-17(12-19)21-13-16-7-4-6-15(3)11-16/h4,6-7,11,14,17H,5,8-10,12-13H2,1-3H3. The Kier molecular flexibility index (Phi) is 5.80. The molecule has 1 aromatic rings. The molecule has 1 aliphatic heterocycles. The molecule has 2 rings (SSSR count). The summed E-state index contributed by atoms with van der Waals surface area (Å²) in [5, 5.41) is 0. The second-order valence-corrected chi connectivity index (χ2v) is 6.50. The van der Waals surface area contributed by atoms with E-state index in [1.807, 2.05) is 4.90 Å². The van der Waals surface area contributed by atoms with Crippen LogP contribution in [0.15, 0.2) is 24.3 Å². The minimum Gasteiger partial charge on any atom is -0.372 e. The Labute approximate surface area is 128 Å². The molecule has 0 bridgehead atoms. The van der Waals surface area contributed by atoms with Gasteiger partial charge >= 0.3 is 0 Å². The Morgan fingerprint density at radius 1 is 1.43 bits per heavy atom. The molecular weight excluding hydrogens is 262 g/mol. The normalized spacial score (nSPS) is 19.0. The summed E-state index contributed by atoms with van der Waals surface area (Å²) in [5.41, 5.74) is 2.47. The first kappa shape index (κ1) is 16.0. The zero-order chi connectivity index (χ0) is 15.2. The summed E-state index contributed by atoms with van der Waals surface area (Å²) >= 11 is 0. The highest BCUT2D eigenvalue weighted by molar-refractivity contribution is 5.76. The highest BCUT2D eigenvalue weighted by Gasteiger charge is 2.24. The zero-order valence-corrected chi connectivity index (χ0v) is 13.5. The van der Waals surface area contributed by atoms with E-state index < -0.39 is 0 Å². The van der Waals surface area contributed by atoms with Crippen molar-refractivity contribution < 1.29 is 9.53 Å². The summed E-state index contributed by atoms with van der Waals surface area (Å²) in [4.78, 5) is 14.1. The maximum atomic E-state index is 12.1. The fourth-order valence-corrected chi connectivity index (χ4v) is 2.80. The van der Waals surface area contributed by atoms with Gasteiger partial charge in [-0.2, -0.15) is 0 Å². The Balaban J connectivity index is 1.82. The van der Waals surface area contributed by atoms with E-state index in [9.17, 15) is 4.79 Å². The number of hydrogen-bond acceptors (Lipinski definition) is 2. The lowest BCUT2D eigenvalue weighted by atomic mass is 10.1. The summed E-state index contributed by atoms with van der Waals surface area (Å²) in [6, 6.07) is 8.41. The molecule has 3 heteroatoms. The topological polar surface area (TPSA) is 29.5 Å². The van der Waals surface area contributed by atoms with Crippen LogP contribution in [-0.2, 0) is 16.1 Å². The van der Waals surface area contributed by atoms with Crippen LogP contribution in [0.2, 0.25) is 0 Å². The van der Waals surface area contributed by atoms with Gasteiger partial charge in [0.1, 0.15) is 0 Å². The number of carbonyl (C=O) groups excluding carboxylic acids is 1. The predicted octanol–water partition coefficient (Wildman–Crippen LogP) is 3.55. The molecule has 0 spiro atoms. The number of rotatable bonds is 5. The van der Waals surface area contributed by atoms with Gasteiger partial charge in [0.25, 0.3) is 0 Å². The molecule has 1 heterocycles. The quantitative estimate of drug-likeness (QED) is 0.829. The number of amides is 1. The van der Waals surface area contributed by atoms with Gasteiger partial charge in [0.15, 0.2) is 0 Å². The third-order valence-electron chi connectivity index (χ3n) is 3.88. The number of likely N-dealkylation sites (tertiary alicyclic amines) is 1. The minimum absolute atomic E-state index is 0.176. The van der Waals surface area contributed by atoms with Crippen LogP contribution in [0, 0.1) is 12.8 Å². The molecule has 1 amide bonds. The summed E-state index contributed by atoms with van der Waals surface area (Å²) in [5.74, 6) is 0.694. The summed E-state index contributed by atoms with van der Waals surface area (Å²) in [7, 11) is 0. The van der Waals surface area contributed by atoms with E-state index in [0.717, 1.165) is 25.9 Å². The smallest absolute Gasteiger partial charge is 0.222 e. The second kappa shape index (κ2) is 7.60. The van der Waals surface area contributed by atoms with Gasteiger partial charge in [0.05, 0.1) is 12.7 Å². The molecule has 1 saturated heterocycles. The Morgan fingerprint density at radius 2 is 2.24 bits per heavy atom. The van der Waals surface area contributed by atoms with Gasteiger partial charge in [-0.3, -0.25) is 4.79 Å². The van der Waals surface area contributed by atoms with E-state index in [1.54, 1.807) is 0 Å². The second-order valence-electron chi connectivity index (χ2n) is 6.50. The number of carbonyl (C=O) groups is 1. The van der Waals surface area contributed by atoms with Crippen LogP contribution in [0.1, 0.15) is 44.2 Å². The van der Waals surface area contributed by atoms with E-state index in [1.165, 1.54) is 11.1 Å². The van der Waals surface area contributed by atoms with Crippen LogP contribution in [-0.4, -0.2) is 30.0 Å². The van der Waals surface area contributed by atoms with E-state index >= 15 is 0 Å². The average molecular weight is 289 g/mol. The van der Waals surface area contributed by atoms with Crippen LogP contribution < -0.4 is 0 Å². The van der Waals surface area contributed by atoms with Gasteiger partial charge in [0, 0.05) is 19.5 Å². The first-order valence-electron chi connectivity index (χ1n) is 7.99. The number of nitrogens with zero attached hydrogens (tertiary/aromatic N) is 1. The van der Waals surface area contributed by atoms with E-state index in [0.29, 0.717) is 18.9 Å². The fourth-order valence-electron chi connectivity index (χ4n) is 2.80. The molecule has 1 fully saturated rings. The Bertz CT molecular complexity index is 470. The summed E-state index contributed by atoms with van der Waals surface area (Å²) < 4.78 is 6.02. The van der Waals surface area contributed by atoms with Crippen molar-refractivity contribution in [3.63, 3.8) is 0 Å². The number of benzene rings is 1. The van der Waals surface area contributed by atoms with Crippen molar-refractivity contribution in [2.24, 2.45) is 5.92 Å². The molecule has 0 saturated carbocycles. The van der Waals surface area contributed by atoms with E-state index in [-0.39, 0.29) is 12.0 Å². The number of hydrogen-bond donors (Lipinski definition) is 0. The molecular formula is C18H27NO2. The molecule has 1 unspecified atom stereocenters. The molecule has 0 radical (unpaired) electrons. The largest absolute Gasteiger partial charge is 0.372 e. The molecule has 0 N–H and O–H groups in total. The third-order valence-corrected chi connectivity index (χ3v) is 3.88. The van der Waals surface area contributed by atoms with Gasteiger partial charge in [-0.15, -0.1) is 0 Å². The van der Waals surface area contributed by atoms with Crippen molar-refractivity contribution in [2.75, 3.05) is 13.1 Å². The lowest BCUT2D eigenvalue weighted by Gasteiger charge is -2.33. The van der Waals surface area contributed by atoms with Gasteiger partial charge in [-0.05, 0) is 31.2 Å². The minimum atomic E-state index is 0.176. The van der Waals surface area contributed by atoms with Crippen LogP contribution in [0.5, 0.6) is 0 Å². The lowest BCUT2D eigenvalue weighted by Crippen LogP contribution is -2.43. The fraction of sp³-hybridized carbons (Fsp3) is 0.611. The van der Waals surface area contributed by atoms with Gasteiger partial charge in [0.2, 0.25) is 5.91 Å². The first-order valence-corrected chi connectivity index (χ1v) is 7.99. The zero-order valence-electron chi connectivity index (χ0n) is 13.5. The Hall–Kier alpha value is -1.35. The first-order chi connectivity index (χ1) is 10.0. The molecule has 3 nitrogen and oxygen atoms in total. The van der Waals surface area contributed by atoms with E-state index in [4.69, 9.17) is 4.74 Å². The molecule has 21 heavy (non-hydrogen) atoms. The number of aryl methyl sites for hydroxylation is 1. The van der Waals surface area contributed by atoms with Crippen molar-refractivity contribution in [3.8, 4) is 0 Å². The van der Waals surface area contributed by atoms with Gasteiger partial charge in [-0.1, -0.05) is 43.7 Å². The van der Waals surface area contributed by atoms with Crippen molar-refractivity contribution >= 4 is 5.91 Å². The maximum Gasteiger partial charge on any atom is 0.222 e. The third kappa shape index (κ3) is 5.16. The molecule has 1 aliphatic rings. The molecule has 1 aromatic carbocycles. The van der Waals surface area contributed by atoms with Crippen LogP contribution in [0.4, 0.5) is 0 Å². The van der Waals surface area contributed by atoms with Gasteiger partial charge < -0.3 is 9.64 Å². The monoisotopic (exact) mass is 289 g/mol. The summed E-state index contributed by atoms with van der Waals surface area (Å²) in [6.45, 7) is 8.54. The van der Waals surface area contributed by atoms with Crippen molar-refractivity contribution in [3.05, 3.63) is 35.4 Å². The highest BCUT2D eigenvalue weighted by Crippen LogP contribution is 2.17. The molecule has 0 aromatic heterocycles. The van der Waals surface area contributed by atoms with Crippen LogP contribution in [0.3, 0.4) is 0 Å². The average Bonchev–Trinajstić information content (AvgIpc) is 2.45. The molecule has 0 aliphatic carbocycles. The molecule has 116 valence electrons. The van der Waals surface area contributed by atoms with Crippen LogP contribution in [0.25, 0.3) is 0 Å². The highest BCUT2D eigenvalue weighted by atomic mass is 16.5. The van der Waals surface area contributed by atoms with Crippen molar-refractivity contribution in [1.29, 1.82) is 0 Å². The van der Waals surface area contributed by atoms with Crippen LogP contribution >= 0.6 is 0 Å². The SMILES string of the molecule is Cc1cccc(COC2CCCN(C(=O)CC(C)C)C2)c1. The molecule has 1 atom stereocenters. The van der Waals surface area contributed by atoms with Gasteiger partial charge in [-0.25, -0.2) is 0 Å². The lowest BCUT2D eigenvalue weighted by molar-refractivity contribution is -0.136. The van der Waals surface area contributed by atoms with Crippen molar-refractivity contribution in [2.45, 2.75) is 52.7 Å². The van der Waals surface area contributed by atoms with Crippen molar-refractivity contribution in [1.82, 2.24) is 4.90 Å². The van der Waals surface area contributed by atoms with E-state index in [2.05, 4.69) is 45.0 Å².